The van der Waals surface area contributed by atoms with Gasteiger partial charge in [-0.2, -0.15) is 4.98 Å². The van der Waals surface area contributed by atoms with Crippen LogP contribution in [0.25, 0.3) is 11.4 Å². The smallest absolute Gasteiger partial charge is 0.338 e. The first-order valence-electron chi connectivity index (χ1n) is 10.1. The van der Waals surface area contributed by atoms with Crippen molar-refractivity contribution in [2.45, 2.75) is 26.8 Å². The van der Waals surface area contributed by atoms with Crippen LogP contribution < -0.4 is 10.1 Å². The van der Waals surface area contributed by atoms with E-state index in [-0.39, 0.29) is 12.4 Å². The summed E-state index contributed by atoms with van der Waals surface area (Å²) in [5, 5.41) is 7.79. The van der Waals surface area contributed by atoms with Crippen molar-refractivity contribution in [3.8, 4) is 17.1 Å². The molecule has 1 aromatic heterocycles. The monoisotopic (exact) mass is 422 g/mol. The molecule has 1 unspecified atom stereocenters. The third-order valence-corrected chi connectivity index (χ3v) is 4.96. The van der Waals surface area contributed by atoms with E-state index < -0.39 is 12.0 Å². The maximum absolute atomic E-state index is 13.3. The largest absolute Gasteiger partial charge is 0.494 e. The number of carbonyl (C=O) groups is 1. The molecule has 8 heteroatoms. The van der Waals surface area contributed by atoms with Crippen LogP contribution in [0.4, 0.5) is 10.3 Å². The van der Waals surface area contributed by atoms with Gasteiger partial charge in [-0.3, -0.25) is 0 Å². The number of allylic oxidation sites excluding steroid dienone is 1. The Morgan fingerprint density at radius 2 is 1.81 bits per heavy atom. The minimum absolute atomic E-state index is 0.261. The molecule has 2 aromatic carbocycles. The van der Waals surface area contributed by atoms with Gasteiger partial charge < -0.3 is 14.8 Å². The highest BCUT2D eigenvalue weighted by molar-refractivity contribution is 5.92. The molecule has 1 N–H and O–H groups in total. The van der Waals surface area contributed by atoms with Crippen molar-refractivity contribution in [2.24, 2.45) is 0 Å². The lowest BCUT2D eigenvalue weighted by Crippen LogP contribution is -2.29. The lowest BCUT2D eigenvalue weighted by atomic mass is 9.96. The molecule has 0 spiro atoms. The normalized spacial score (nSPS) is 15.3. The van der Waals surface area contributed by atoms with Gasteiger partial charge in [0.2, 0.25) is 5.95 Å². The summed E-state index contributed by atoms with van der Waals surface area (Å²) in [4.78, 5) is 17.4. The van der Waals surface area contributed by atoms with E-state index in [0.29, 0.717) is 35.2 Å². The van der Waals surface area contributed by atoms with Crippen LogP contribution in [-0.4, -0.2) is 33.9 Å². The van der Waals surface area contributed by atoms with Crippen LogP contribution in [0.5, 0.6) is 5.75 Å². The fraction of sp³-hybridized carbons (Fsp3) is 0.261. The number of esters is 1. The zero-order valence-electron chi connectivity index (χ0n) is 17.6. The molecule has 0 bridgehead atoms. The van der Waals surface area contributed by atoms with Crippen molar-refractivity contribution >= 4 is 11.9 Å². The standard InChI is InChI=1S/C23H23FN4O3/c1-4-30-18-12-8-15(9-13-18)20-19(22(29)31-5-2)14(3)25-23-26-21(27-28(20)23)16-6-10-17(24)11-7-16/h6-13,20H,4-5H2,1-3H3,(H,25,26,27). The van der Waals surface area contributed by atoms with Crippen LogP contribution in [0.15, 0.2) is 59.8 Å². The Balaban J connectivity index is 1.81. The number of ether oxygens (including phenoxy) is 2. The van der Waals surface area contributed by atoms with E-state index in [1.54, 1.807) is 23.7 Å². The second-order valence-corrected chi connectivity index (χ2v) is 7.00. The summed E-state index contributed by atoms with van der Waals surface area (Å²) in [6.45, 7) is 6.32. The molecule has 4 rings (SSSR count). The van der Waals surface area contributed by atoms with Gasteiger partial charge in [0.15, 0.2) is 5.82 Å². The summed E-state index contributed by atoms with van der Waals surface area (Å²) in [5.74, 6) is 0.903. The Bertz CT molecular complexity index is 1120. The highest BCUT2D eigenvalue weighted by Gasteiger charge is 2.35. The SMILES string of the molecule is CCOC(=O)C1=C(C)Nc2nc(-c3ccc(F)cc3)nn2C1c1ccc(OCC)cc1. The number of nitrogens with one attached hydrogen (secondary N) is 1. The first-order valence-corrected chi connectivity index (χ1v) is 10.1. The van der Waals surface area contributed by atoms with Crippen LogP contribution in [0, 0.1) is 5.82 Å². The quantitative estimate of drug-likeness (QED) is 0.596. The average molecular weight is 422 g/mol. The molecule has 0 fully saturated rings. The maximum Gasteiger partial charge on any atom is 0.338 e. The lowest BCUT2D eigenvalue weighted by Gasteiger charge is -2.28. The van der Waals surface area contributed by atoms with Crippen LogP contribution in [-0.2, 0) is 9.53 Å². The molecule has 7 nitrogen and oxygen atoms in total. The highest BCUT2D eigenvalue weighted by atomic mass is 19.1. The summed E-state index contributed by atoms with van der Waals surface area (Å²) in [6, 6.07) is 12.9. The number of carbonyl (C=O) groups excluding carboxylic acids is 1. The number of anilines is 1. The molecular formula is C23H23FN4O3. The fourth-order valence-corrected chi connectivity index (χ4v) is 3.57. The molecule has 0 saturated carbocycles. The number of rotatable bonds is 6. The number of hydrogen-bond acceptors (Lipinski definition) is 6. The molecule has 0 amide bonds. The van der Waals surface area contributed by atoms with Gasteiger partial charge in [-0.1, -0.05) is 12.1 Å². The van der Waals surface area contributed by atoms with Gasteiger partial charge in [0, 0.05) is 11.3 Å². The number of aromatic nitrogens is 3. The molecular weight excluding hydrogens is 399 g/mol. The van der Waals surface area contributed by atoms with Crippen LogP contribution >= 0.6 is 0 Å². The summed E-state index contributed by atoms with van der Waals surface area (Å²) in [7, 11) is 0. The minimum atomic E-state index is -0.535. The average Bonchev–Trinajstić information content (AvgIpc) is 3.18. The van der Waals surface area contributed by atoms with E-state index >= 15 is 0 Å². The number of fused-ring (bicyclic) bond motifs is 1. The van der Waals surface area contributed by atoms with Crippen molar-refractivity contribution in [2.75, 3.05) is 18.5 Å². The van der Waals surface area contributed by atoms with E-state index in [9.17, 15) is 9.18 Å². The Hall–Kier alpha value is -3.68. The number of benzene rings is 2. The summed E-state index contributed by atoms with van der Waals surface area (Å²) in [5.41, 5.74) is 2.60. The molecule has 1 aliphatic heterocycles. The van der Waals surface area contributed by atoms with Crippen molar-refractivity contribution in [1.82, 2.24) is 14.8 Å². The van der Waals surface area contributed by atoms with E-state index in [0.717, 1.165) is 11.3 Å². The first kappa shape index (κ1) is 20.6. The number of halogens is 1. The summed E-state index contributed by atoms with van der Waals surface area (Å²) < 4.78 is 25.9. The van der Waals surface area contributed by atoms with E-state index in [4.69, 9.17) is 9.47 Å². The third-order valence-electron chi connectivity index (χ3n) is 4.96. The molecule has 1 aliphatic rings. The molecule has 3 aromatic rings. The van der Waals surface area contributed by atoms with Gasteiger partial charge in [0.25, 0.3) is 0 Å². The molecule has 31 heavy (non-hydrogen) atoms. The van der Waals surface area contributed by atoms with Gasteiger partial charge in [-0.25, -0.2) is 13.9 Å². The van der Waals surface area contributed by atoms with Crippen molar-refractivity contribution in [3.05, 3.63) is 71.2 Å². The predicted octanol–water partition coefficient (Wildman–Crippen LogP) is 4.33. The Morgan fingerprint density at radius 1 is 1.10 bits per heavy atom. The second-order valence-electron chi connectivity index (χ2n) is 7.00. The van der Waals surface area contributed by atoms with Gasteiger partial charge in [-0.05, 0) is 62.7 Å². The van der Waals surface area contributed by atoms with Crippen LogP contribution in [0.3, 0.4) is 0 Å². The van der Waals surface area contributed by atoms with Crippen molar-refractivity contribution in [1.29, 1.82) is 0 Å². The van der Waals surface area contributed by atoms with Crippen molar-refractivity contribution in [3.63, 3.8) is 0 Å². The molecule has 160 valence electrons. The maximum atomic E-state index is 13.3. The molecule has 0 saturated heterocycles. The Labute approximate surface area is 179 Å². The Morgan fingerprint density at radius 3 is 2.45 bits per heavy atom. The predicted molar refractivity (Wildman–Crippen MR) is 114 cm³/mol. The van der Waals surface area contributed by atoms with Crippen LogP contribution in [0.2, 0.25) is 0 Å². The molecule has 0 aliphatic carbocycles. The molecule has 0 radical (unpaired) electrons. The second kappa shape index (κ2) is 8.59. The fourth-order valence-electron chi connectivity index (χ4n) is 3.57. The third kappa shape index (κ3) is 4.01. The zero-order valence-corrected chi connectivity index (χ0v) is 17.6. The van der Waals surface area contributed by atoms with Gasteiger partial charge in [0.1, 0.15) is 17.6 Å². The van der Waals surface area contributed by atoms with Crippen LogP contribution in [0.1, 0.15) is 32.4 Å². The zero-order chi connectivity index (χ0) is 22.0. The van der Waals surface area contributed by atoms with Crippen molar-refractivity contribution < 1.29 is 18.7 Å². The minimum Gasteiger partial charge on any atom is -0.494 e. The highest BCUT2D eigenvalue weighted by Crippen LogP contribution is 2.37. The number of hydrogen-bond donors (Lipinski definition) is 1. The molecule has 2 heterocycles. The van der Waals surface area contributed by atoms with E-state index in [2.05, 4.69) is 15.4 Å². The lowest BCUT2D eigenvalue weighted by molar-refractivity contribution is -0.139. The first-order chi connectivity index (χ1) is 15.0. The topological polar surface area (TPSA) is 78.3 Å². The molecule has 1 atom stereocenters. The summed E-state index contributed by atoms with van der Waals surface area (Å²) >= 11 is 0. The van der Waals surface area contributed by atoms with Gasteiger partial charge in [-0.15, -0.1) is 5.10 Å². The van der Waals surface area contributed by atoms with E-state index in [1.165, 1.54) is 12.1 Å². The Kier molecular flexibility index (Phi) is 5.70. The number of nitrogens with zero attached hydrogens (tertiary/aromatic N) is 3. The van der Waals surface area contributed by atoms with E-state index in [1.807, 2.05) is 38.1 Å². The van der Waals surface area contributed by atoms with Gasteiger partial charge >= 0.3 is 5.97 Å². The summed E-state index contributed by atoms with van der Waals surface area (Å²) in [6.07, 6.45) is 0. The van der Waals surface area contributed by atoms with Gasteiger partial charge in [0.05, 0.1) is 18.8 Å².